The van der Waals surface area contributed by atoms with Crippen molar-refractivity contribution in [3.63, 3.8) is 0 Å². The Bertz CT molecular complexity index is 575. The van der Waals surface area contributed by atoms with E-state index in [1.165, 1.54) is 24.3 Å². The molecule has 0 unspecified atom stereocenters. The summed E-state index contributed by atoms with van der Waals surface area (Å²) in [5.41, 5.74) is 0.273. The van der Waals surface area contributed by atoms with Gasteiger partial charge in [-0.05, 0) is 18.2 Å². The molecule has 2 N–H and O–H groups in total. The molecule has 18 heavy (non-hydrogen) atoms. The molecule has 0 bridgehead atoms. The molecule has 1 aromatic rings. The number of nitriles is 1. The quantitative estimate of drug-likeness (QED) is 0.703. The number of carboxylic acids is 1. The van der Waals surface area contributed by atoms with E-state index in [1.807, 2.05) is 6.07 Å². The molecule has 0 fully saturated rings. The Morgan fingerprint density at radius 3 is 2.78 bits per heavy atom. The Kier molecular flexibility index (Phi) is 4.83. The van der Waals surface area contributed by atoms with Crippen molar-refractivity contribution in [2.45, 2.75) is 4.90 Å². The van der Waals surface area contributed by atoms with Crippen LogP contribution in [0.3, 0.4) is 0 Å². The molecule has 0 heterocycles. The van der Waals surface area contributed by atoms with Gasteiger partial charge in [0.15, 0.2) is 9.84 Å². The van der Waals surface area contributed by atoms with E-state index in [-0.39, 0.29) is 29.3 Å². The second-order valence-corrected chi connectivity index (χ2v) is 5.64. The maximum Gasteiger partial charge on any atom is 0.317 e. The number of nitrogens with zero attached hydrogens (tertiary/aromatic N) is 1. The minimum atomic E-state index is -3.50. The summed E-state index contributed by atoms with van der Waals surface area (Å²) in [6.45, 7) is -0.237. The highest BCUT2D eigenvalue weighted by Gasteiger charge is 2.14. The number of carbonyl (C=O) groups is 1. The molecule has 0 spiro atoms. The van der Waals surface area contributed by atoms with Gasteiger partial charge in [0.2, 0.25) is 0 Å². The summed E-state index contributed by atoms with van der Waals surface area (Å²) in [6.07, 6.45) is 0. The van der Waals surface area contributed by atoms with Gasteiger partial charge in [0.05, 0.1) is 28.8 Å². The monoisotopic (exact) mass is 268 g/mol. The summed E-state index contributed by atoms with van der Waals surface area (Å²) >= 11 is 0. The van der Waals surface area contributed by atoms with Crippen molar-refractivity contribution in [2.24, 2.45) is 0 Å². The average Bonchev–Trinajstić information content (AvgIpc) is 2.34. The molecule has 96 valence electrons. The van der Waals surface area contributed by atoms with Crippen LogP contribution in [0.25, 0.3) is 0 Å². The van der Waals surface area contributed by atoms with Crippen LogP contribution in [-0.2, 0) is 14.6 Å². The zero-order valence-electron chi connectivity index (χ0n) is 9.46. The summed E-state index contributed by atoms with van der Waals surface area (Å²) < 4.78 is 23.7. The maximum atomic E-state index is 11.8. The number of hydrogen-bond acceptors (Lipinski definition) is 5. The smallest absolute Gasteiger partial charge is 0.317 e. The Morgan fingerprint density at radius 1 is 1.44 bits per heavy atom. The number of aliphatic carboxylic acids is 1. The zero-order valence-corrected chi connectivity index (χ0v) is 10.3. The first-order valence-corrected chi connectivity index (χ1v) is 6.76. The van der Waals surface area contributed by atoms with Gasteiger partial charge in [-0.25, -0.2) is 8.42 Å². The molecule has 0 aromatic heterocycles. The summed E-state index contributed by atoms with van der Waals surface area (Å²) in [7, 11) is -3.50. The molecule has 0 atom stereocenters. The van der Waals surface area contributed by atoms with Crippen LogP contribution in [0, 0.1) is 11.3 Å². The van der Waals surface area contributed by atoms with Crippen LogP contribution in [0.15, 0.2) is 29.2 Å². The van der Waals surface area contributed by atoms with Gasteiger partial charge < -0.3 is 10.4 Å². The fourth-order valence-corrected chi connectivity index (χ4v) is 2.52. The Hall–Kier alpha value is -1.91. The fraction of sp³-hybridized carbons (Fsp3) is 0.273. The molecule has 0 aliphatic heterocycles. The van der Waals surface area contributed by atoms with Gasteiger partial charge in [0.25, 0.3) is 0 Å². The molecule has 0 aliphatic rings. The number of carboxylic acid groups (broad SMARTS) is 1. The topological polar surface area (TPSA) is 107 Å². The summed E-state index contributed by atoms with van der Waals surface area (Å²) in [5, 5.41) is 19.6. The van der Waals surface area contributed by atoms with E-state index in [0.717, 1.165) is 0 Å². The van der Waals surface area contributed by atoms with Gasteiger partial charge >= 0.3 is 5.97 Å². The van der Waals surface area contributed by atoms with Crippen LogP contribution in [0.4, 0.5) is 0 Å². The highest BCUT2D eigenvalue weighted by molar-refractivity contribution is 7.91. The van der Waals surface area contributed by atoms with E-state index in [9.17, 15) is 13.2 Å². The van der Waals surface area contributed by atoms with Gasteiger partial charge in [-0.3, -0.25) is 4.79 Å². The van der Waals surface area contributed by atoms with Crippen molar-refractivity contribution < 1.29 is 18.3 Å². The van der Waals surface area contributed by atoms with Gasteiger partial charge in [-0.1, -0.05) is 6.07 Å². The van der Waals surface area contributed by atoms with Crippen molar-refractivity contribution in [1.82, 2.24) is 5.32 Å². The molecule has 0 amide bonds. The lowest BCUT2D eigenvalue weighted by Gasteiger charge is -2.05. The number of benzene rings is 1. The molecular weight excluding hydrogens is 256 g/mol. The lowest BCUT2D eigenvalue weighted by molar-refractivity contribution is -0.135. The highest BCUT2D eigenvalue weighted by atomic mass is 32.2. The first-order valence-electron chi connectivity index (χ1n) is 5.11. The largest absolute Gasteiger partial charge is 0.480 e. The summed E-state index contributed by atoms with van der Waals surface area (Å²) in [5.74, 6) is -1.26. The standard InChI is InChI=1S/C11H12N2O4S/c12-7-9-2-1-3-10(6-9)18(16,17)5-4-13-8-11(14)15/h1-3,6,13H,4-5,8H2,(H,14,15). The van der Waals surface area contributed by atoms with Crippen molar-refractivity contribution in [1.29, 1.82) is 5.26 Å². The van der Waals surface area contributed by atoms with Gasteiger partial charge in [0, 0.05) is 6.54 Å². The first kappa shape index (κ1) is 14.2. The minimum Gasteiger partial charge on any atom is -0.480 e. The number of nitrogens with one attached hydrogen (secondary N) is 1. The van der Waals surface area contributed by atoms with Crippen LogP contribution in [0.1, 0.15) is 5.56 Å². The molecule has 1 rings (SSSR count). The molecule has 1 aromatic carbocycles. The van der Waals surface area contributed by atoms with Crippen LogP contribution >= 0.6 is 0 Å². The van der Waals surface area contributed by atoms with Crippen molar-refractivity contribution in [3.8, 4) is 6.07 Å². The fourth-order valence-electron chi connectivity index (χ4n) is 1.28. The SMILES string of the molecule is N#Cc1cccc(S(=O)(=O)CCNCC(=O)O)c1. The number of hydrogen-bond donors (Lipinski definition) is 2. The maximum absolute atomic E-state index is 11.8. The van der Waals surface area contributed by atoms with Crippen molar-refractivity contribution in [3.05, 3.63) is 29.8 Å². The molecule has 7 heteroatoms. The molecule has 0 aliphatic carbocycles. The highest BCUT2D eigenvalue weighted by Crippen LogP contribution is 2.12. The first-order chi connectivity index (χ1) is 8.45. The third-order valence-electron chi connectivity index (χ3n) is 2.15. The van der Waals surface area contributed by atoms with Crippen LogP contribution < -0.4 is 5.32 Å². The van der Waals surface area contributed by atoms with Gasteiger partial charge in [-0.15, -0.1) is 0 Å². The Labute approximate surface area is 105 Å². The normalized spacial score (nSPS) is 10.8. The molecule has 0 saturated carbocycles. The van der Waals surface area contributed by atoms with E-state index in [1.54, 1.807) is 0 Å². The predicted octanol–water partition coefficient (Wildman–Crippen LogP) is 0.00618. The van der Waals surface area contributed by atoms with Gasteiger partial charge in [-0.2, -0.15) is 5.26 Å². The lowest BCUT2D eigenvalue weighted by atomic mass is 10.2. The second-order valence-electron chi connectivity index (χ2n) is 3.53. The van der Waals surface area contributed by atoms with Crippen LogP contribution in [0.2, 0.25) is 0 Å². The zero-order chi connectivity index (χ0) is 13.6. The predicted molar refractivity (Wildman–Crippen MR) is 63.7 cm³/mol. The molecular formula is C11H12N2O4S. The lowest BCUT2D eigenvalue weighted by Crippen LogP contribution is -2.28. The van der Waals surface area contributed by atoms with Crippen molar-refractivity contribution in [2.75, 3.05) is 18.8 Å². The van der Waals surface area contributed by atoms with E-state index >= 15 is 0 Å². The number of rotatable bonds is 6. The van der Waals surface area contributed by atoms with E-state index < -0.39 is 15.8 Å². The average molecular weight is 268 g/mol. The van der Waals surface area contributed by atoms with E-state index in [2.05, 4.69) is 5.32 Å². The third kappa shape index (κ3) is 4.16. The minimum absolute atomic E-state index is 0.0470. The Morgan fingerprint density at radius 2 is 2.17 bits per heavy atom. The third-order valence-corrected chi connectivity index (χ3v) is 3.86. The second kappa shape index (κ2) is 6.14. The summed E-state index contributed by atoms with van der Waals surface area (Å²) in [4.78, 5) is 10.3. The van der Waals surface area contributed by atoms with E-state index in [4.69, 9.17) is 10.4 Å². The van der Waals surface area contributed by atoms with Crippen LogP contribution in [-0.4, -0.2) is 38.3 Å². The summed E-state index contributed by atoms with van der Waals surface area (Å²) in [6, 6.07) is 7.58. The van der Waals surface area contributed by atoms with E-state index in [0.29, 0.717) is 0 Å². The number of sulfone groups is 1. The van der Waals surface area contributed by atoms with Crippen molar-refractivity contribution >= 4 is 15.8 Å². The molecule has 0 saturated heterocycles. The Balaban J connectivity index is 2.69. The molecule has 6 nitrogen and oxygen atoms in total. The molecule has 0 radical (unpaired) electrons. The van der Waals surface area contributed by atoms with Gasteiger partial charge in [0.1, 0.15) is 0 Å². The van der Waals surface area contributed by atoms with Crippen LogP contribution in [0.5, 0.6) is 0 Å².